The van der Waals surface area contributed by atoms with E-state index >= 15 is 0 Å². The normalized spacial score (nSPS) is 16.8. The van der Waals surface area contributed by atoms with Gasteiger partial charge in [0.2, 0.25) is 17.7 Å². The van der Waals surface area contributed by atoms with Gasteiger partial charge in [-0.1, -0.05) is 18.2 Å². The lowest BCUT2D eigenvalue weighted by atomic mass is 10.1. The van der Waals surface area contributed by atoms with Gasteiger partial charge in [-0.05, 0) is 39.3 Å². The Hall–Kier alpha value is -2.57. The van der Waals surface area contributed by atoms with E-state index in [1.165, 1.54) is 0 Å². The van der Waals surface area contributed by atoms with Crippen LogP contribution in [0, 0.1) is 5.92 Å². The zero-order chi connectivity index (χ0) is 20.6. The molecule has 0 bridgehead atoms. The molecule has 1 aliphatic heterocycles. The zero-order valence-electron chi connectivity index (χ0n) is 17.0. The Kier molecular flexibility index (Phi) is 7.84. The van der Waals surface area contributed by atoms with Crippen LogP contribution in [0.25, 0.3) is 0 Å². The van der Waals surface area contributed by atoms with Gasteiger partial charge in [0.05, 0.1) is 12.5 Å². The number of benzene rings is 1. The van der Waals surface area contributed by atoms with Crippen molar-refractivity contribution >= 4 is 17.7 Å². The molecule has 1 atom stereocenters. The number of nitrogens with zero attached hydrogens (tertiary/aromatic N) is 1. The minimum atomic E-state index is -0.322. The van der Waals surface area contributed by atoms with E-state index in [-0.39, 0.29) is 35.6 Å². The van der Waals surface area contributed by atoms with Crippen molar-refractivity contribution in [1.29, 1.82) is 0 Å². The fourth-order valence-electron chi connectivity index (χ4n) is 3.09. The first-order valence-electron chi connectivity index (χ1n) is 9.80. The molecule has 7 heteroatoms. The molecule has 154 valence electrons. The smallest absolute Gasteiger partial charge is 0.225 e. The van der Waals surface area contributed by atoms with E-state index in [1.807, 2.05) is 51.1 Å². The number of carbonyl (C=O) groups is 3. The highest BCUT2D eigenvalue weighted by atomic mass is 16.5. The SMILES string of the molecule is CC(C)(C)N1CC(C(=O)NCCNC(=O)CCCOc2ccccc2)CC1=O. The molecule has 28 heavy (non-hydrogen) atoms. The second-order valence-corrected chi connectivity index (χ2v) is 7.98. The van der Waals surface area contributed by atoms with Gasteiger partial charge in [0, 0.05) is 38.0 Å². The van der Waals surface area contributed by atoms with E-state index in [1.54, 1.807) is 4.90 Å². The quantitative estimate of drug-likeness (QED) is 0.630. The highest BCUT2D eigenvalue weighted by Crippen LogP contribution is 2.25. The van der Waals surface area contributed by atoms with Gasteiger partial charge in [0.25, 0.3) is 0 Å². The van der Waals surface area contributed by atoms with Crippen molar-refractivity contribution in [3.05, 3.63) is 30.3 Å². The van der Waals surface area contributed by atoms with E-state index in [9.17, 15) is 14.4 Å². The van der Waals surface area contributed by atoms with Gasteiger partial charge in [-0.2, -0.15) is 0 Å². The summed E-state index contributed by atoms with van der Waals surface area (Å²) in [7, 11) is 0. The molecule has 0 radical (unpaired) electrons. The summed E-state index contributed by atoms with van der Waals surface area (Å²) in [5.74, 6) is 0.281. The predicted molar refractivity (Wildman–Crippen MR) is 107 cm³/mol. The van der Waals surface area contributed by atoms with Crippen molar-refractivity contribution in [2.75, 3.05) is 26.2 Å². The van der Waals surface area contributed by atoms with Gasteiger partial charge < -0.3 is 20.3 Å². The molecule has 0 aromatic heterocycles. The third-order valence-corrected chi connectivity index (χ3v) is 4.61. The van der Waals surface area contributed by atoms with Crippen LogP contribution in [0.5, 0.6) is 5.75 Å². The molecule has 1 unspecified atom stereocenters. The van der Waals surface area contributed by atoms with E-state index in [2.05, 4.69) is 10.6 Å². The number of para-hydroxylation sites is 1. The highest BCUT2D eigenvalue weighted by Gasteiger charge is 2.39. The van der Waals surface area contributed by atoms with Crippen LogP contribution in [0.1, 0.15) is 40.0 Å². The van der Waals surface area contributed by atoms with Crippen molar-refractivity contribution in [2.24, 2.45) is 5.92 Å². The van der Waals surface area contributed by atoms with Crippen LogP contribution in [0.3, 0.4) is 0 Å². The lowest BCUT2D eigenvalue weighted by molar-refractivity contribution is -0.132. The summed E-state index contributed by atoms with van der Waals surface area (Å²) >= 11 is 0. The lowest BCUT2D eigenvalue weighted by Gasteiger charge is -2.31. The molecule has 1 saturated heterocycles. The van der Waals surface area contributed by atoms with E-state index < -0.39 is 0 Å². The first-order chi connectivity index (χ1) is 13.3. The van der Waals surface area contributed by atoms with E-state index in [0.29, 0.717) is 39.1 Å². The second-order valence-electron chi connectivity index (χ2n) is 7.98. The molecule has 0 spiro atoms. The van der Waals surface area contributed by atoms with Crippen LogP contribution in [-0.2, 0) is 14.4 Å². The summed E-state index contributed by atoms with van der Waals surface area (Å²) in [5.41, 5.74) is -0.273. The Balaban J connectivity index is 1.55. The largest absolute Gasteiger partial charge is 0.494 e. The van der Waals surface area contributed by atoms with Gasteiger partial charge >= 0.3 is 0 Å². The molecule has 1 aliphatic rings. The van der Waals surface area contributed by atoms with Crippen LogP contribution in [0.4, 0.5) is 0 Å². The molecule has 7 nitrogen and oxygen atoms in total. The summed E-state index contributed by atoms with van der Waals surface area (Å²) in [6.07, 6.45) is 1.25. The van der Waals surface area contributed by atoms with Crippen LogP contribution in [-0.4, -0.2) is 54.4 Å². The minimum absolute atomic E-state index is 0.0127. The number of hydrogen-bond acceptors (Lipinski definition) is 4. The third-order valence-electron chi connectivity index (χ3n) is 4.61. The van der Waals surface area contributed by atoms with Gasteiger partial charge in [-0.15, -0.1) is 0 Å². The maximum atomic E-state index is 12.2. The lowest BCUT2D eigenvalue weighted by Crippen LogP contribution is -2.43. The average molecular weight is 389 g/mol. The molecule has 0 aliphatic carbocycles. The van der Waals surface area contributed by atoms with Crippen LogP contribution >= 0.6 is 0 Å². The first kappa shape index (κ1) is 21.7. The third kappa shape index (κ3) is 6.87. The van der Waals surface area contributed by atoms with Crippen LogP contribution < -0.4 is 15.4 Å². The molecule has 1 aromatic rings. The Morgan fingerprint density at radius 3 is 2.46 bits per heavy atom. The fourth-order valence-corrected chi connectivity index (χ4v) is 3.09. The van der Waals surface area contributed by atoms with Crippen molar-refractivity contribution in [2.45, 2.75) is 45.6 Å². The van der Waals surface area contributed by atoms with Gasteiger partial charge in [0.15, 0.2) is 0 Å². The molecule has 2 rings (SSSR count). The van der Waals surface area contributed by atoms with Crippen molar-refractivity contribution in [3.63, 3.8) is 0 Å². The molecule has 1 fully saturated rings. The van der Waals surface area contributed by atoms with Gasteiger partial charge in [-0.25, -0.2) is 0 Å². The molecule has 2 N–H and O–H groups in total. The number of amides is 3. The number of likely N-dealkylation sites (tertiary alicyclic amines) is 1. The number of ether oxygens (including phenoxy) is 1. The summed E-state index contributed by atoms with van der Waals surface area (Å²) < 4.78 is 5.54. The maximum Gasteiger partial charge on any atom is 0.225 e. The molecule has 0 saturated carbocycles. The van der Waals surface area contributed by atoms with Gasteiger partial charge in [0.1, 0.15) is 5.75 Å². The second kappa shape index (κ2) is 10.1. The van der Waals surface area contributed by atoms with Crippen LogP contribution in [0.2, 0.25) is 0 Å². The highest BCUT2D eigenvalue weighted by molar-refractivity contribution is 5.89. The van der Waals surface area contributed by atoms with Crippen LogP contribution in [0.15, 0.2) is 30.3 Å². The molecule has 3 amide bonds. The minimum Gasteiger partial charge on any atom is -0.494 e. The fraction of sp³-hybridized carbons (Fsp3) is 0.571. The molecule has 1 aromatic carbocycles. The van der Waals surface area contributed by atoms with Crippen molar-refractivity contribution < 1.29 is 19.1 Å². The van der Waals surface area contributed by atoms with E-state index in [4.69, 9.17) is 4.74 Å². The monoisotopic (exact) mass is 389 g/mol. The number of nitrogens with one attached hydrogen (secondary N) is 2. The number of carbonyl (C=O) groups excluding carboxylic acids is 3. The summed E-state index contributed by atoms with van der Waals surface area (Å²) in [4.78, 5) is 37.9. The molecular weight excluding hydrogens is 358 g/mol. The summed E-state index contributed by atoms with van der Waals surface area (Å²) in [5, 5.41) is 5.59. The summed E-state index contributed by atoms with van der Waals surface area (Å²) in [6.45, 7) is 7.54. The first-order valence-corrected chi connectivity index (χ1v) is 9.80. The Morgan fingerprint density at radius 1 is 1.14 bits per heavy atom. The average Bonchev–Trinajstić information content (AvgIpc) is 3.05. The Bertz CT molecular complexity index is 670. The number of hydrogen-bond donors (Lipinski definition) is 2. The summed E-state index contributed by atoms with van der Waals surface area (Å²) in [6, 6.07) is 9.48. The standard InChI is InChI=1S/C21H31N3O4/c1-21(2,3)24-15-16(14-19(24)26)20(27)23-12-11-22-18(25)10-7-13-28-17-8-5-4-6-9-17/h4-6,8-9,16H,7,10-15H2,1-3H3,(H,22,25)(H,23,27). The van der Waals surface area contributed by atoms with E-state index in [0.717, 1.165) is 5.75 Å². The van der Waals surface area contributed by atoms with Crippen molar-refractivity contribution in [1.82, 2.24) is 15.5 Å². The Labute approximate surface area is 166 Å². The Morgan fingerprint density at radius 2 is 1.82 bits per heavy atom. The topological polar surface area (TPSA) is 87.7 Å². The van der Waals surface area contributed by atoms with Crippen molar-refractivity contribution in [3.8, 4) is 5.75 Å². The predicted octanol–water partition coefficient (Wildman–Crippen LogP) is 1.72. The molecule has 1 heterocycles. The maximum absolute atomic E-state index is 12.2. The van der Waals surface area contributed by atoms with Gasteiger partial charge in [-0.3, -0.25) is 14.4 Å². The zero-order valence-corrected chi connectivity index (χ0v) is 17.0. The number of rotatable bonds is 9. The molecular formula is C21H31N3O4.